The summed E-state index contributed by atoms with van der Waals surface area (Å²) < 4.78 is 0. The molecule has 0 amide bonds. The molecule has 1 radical (unpaired) electrons. The number of hydrogen-bond donors (Lipinski definition) is 0. The Labute approximate surface area is 71.5 Å². The van der Waals surface area contributed by atoms with Crippen LogP contribution in [0, 0.1) is 20.2 Å². The molecule has 0 saturated heterocycles. The van der Waals surface area contributed by atoms with E-state index >= 15 is 0 Å². The molecule has 0 saturated carbocycles. The minimum atomic E-state index is -1.06. The van der Waals surface area contributed by atoms with E-state index in [1.165, 1.54) is 0 Å². The van der Waals surface area contributed by atoms with Gasteiger partial charge in [0, 0.05) is 6.07 Å². The third kappa shape index (κ3) is 1.53. The highest BCUT2D eigenvalue weighted by Gasteiger charge is 2.28. The van der Waals surface area contributed by atoms with Gasteiger partial charge in [0.2, 0.25) is 0 Å². The highest BCUT2D eigenvalue weighted by Crippen LogP contribution is 2.35. The van der Waals surface area contributed by atoms with E-state index in [2.05, 4.69) is 0 Å². The number of rotatable bonds is 2. The van der Waals surface area contributed by atoms with Crippen LogP contribution in [0.15, 0.2) is 18.2 Å². The fourth-order valence-corrected chi connectivity index (χ4v) is 0.842. The van der Waals surface area contributed by atoms with Crippen LogP contribution in [0.5, 0.6) is 5.75 Å². The molecule has 7 heteroatoms. The van der Waals surface area contributed by atoms with Gasteiger partial charge in [-0.15, -0.1) is 0 Å². The summed E-state index contributed by atoms with van der Waals surface area (Å²) in [5, 5.41) is 31.3. The van der Waals surface area contributed by atoms with Gasteiger partial charge >= 0.3 is 11.4 Å². The lowest BCUT2D eigenvalue weighted by atomic mass is 10.2. The second kappa shape index (κ2) is 3.05. The van der Waals surface area contributed by atoms with E-state index in [-0.39, 0.29) is 0 Å². The summed E-state index contributed by atoms with van der Waals surface area (Å²) >= 11 is 0. The van der Waals surface area contributed by atoms with Gasteiger partial charge in [0.25, 0.3) is 5.75 Å². The molecule has 0 aliphatic carbocycles. The van der Waals surface area contributed by atoms with E-state index in [0.29, 0.717) is 0 Å². The van der Waals surface area contributed by atoms with Crippen LogP contribution >= 0.6 is 0 Å². The van der Waals surface area contributed by atoms with Crippen molar-refractivity contribution in [1.29, 1.82) is 0 Å². The largest absolute Gasteiger partial charge is 0.392 e. The van der Waals surface area contributed by atoms with Gasteiger partial charge in [0.05, 0.1) is 9.85 Å². The van der Waals surface area contributed by atoms with Crippen LogP contribution in [0.3, 0.4) is 0 Å². The van der Waals surface area contributed by atoms with Crippen molar-refractivity contribution < 1.29 is 15.0 Å². The Morgan fingerprint density at radius 3 is 2.08 bits per heavy atom. The molecule has 0 aliphatic rings. The quantitative estimate of drug-likeness (QED) is 0.513. The lowest BCUT2D eigenvalue weighted by Gasteiger charge is -1.93. The third-order valence-electron chi connectivity index (χ3n) is 1.36. The maximum Gasteiger partial charge on any atom is 0.392 e. The Kier molecular flexibility index (Phi) is 2.09. The zero-order valence-electron chi connectivity index (χ0n) is 6.17. The Morgan fingerprint density at radius 2 is 1.69 bits per heavy atom. The zero-order valence-corrected chi connectivity index (χ0v) is 6.17. The van der Waals surface area contributed by atoms with Gasteiger partial charge in [-0.1, -0.05) is 6.07 Å². The van der Waals surface area contributed by atoms with Crippen LogP contribution < -0.4 is 0 Å². The van der Waals surface area contributed by atoms with E-state index < -0.39 is 27.0 Å². The van der Waals surface area contributed by atoms with Crippen LogP contribution in [0.2, 0.25) is 0 Å². The monoisotopic (exact) mass is 183 g/mol. The molecular formula is C6H3N2O5. The molecule has 0 spiro atoms. The fraction of sp³-hybridized carbons (Fsp3) is 0. The zero-order chi connectivity index (χ0) is 10.0. The summed E-state index contributed by atoms with van der Waals surface area (Å²) in [6.07, 6.45) is 0. The van der Waals surface area contributed by atoms with E-state index in [9.17, 15) is 25.3 Å². The van der Waals surface area contributed by atoms with Gasteiger partial charge in [0.1, 0.15) is 0 Å². The van der Waals surface area contributed by atoms with Crippen molar-refractivity contribution in [1.82, 2.24) is 0 Å². The van der Waals surface area contributed by atoms with E-state index in [1.807, 2.05) is 0 Å². The van der Waals surface area contributed by atoms with Crippen molar-refractivity contribution in [3.63, 3.8) is 0 Å². The Balaban J connectivity index is 3.43. The molecule has 67 valence electrons. The molecule has 0 aromatic heterocycles. The maximum absolute atomic E-state index is 10.8. The standard InChI is InChI=1S/C6H3N2O5/c9-5-3-1-2-4(7(10)11)6(5)8(12)13/h1-3H. The normalized spacial score (nSPS) is 9.54. The molecule has 0 atom stereocenters. The molecule has 13 heavy (non-hydrogen) atoms. The maximum atomic E-state index is 10.8. The van der Waals surface area contributed by atoms with Gasteiger partial charge in [-0.25, -0.2) is 0 Å². The molecule has 1 rings (SSSR count). The fourth-order valence-electron chi connectivity index (χ4n) is 0.842. The van der Waals surface area contributed by atoms with Crippen molar-refractivity contribution in [3.05, 3.63) is 38.4 Å². The molecule has 1 aromatic carbocycles. The van der Waals surface area contributed by atoms with E-state index in [4.69, 9.17) is 0 Å². The SMILES string of the molecule is [O]c1cccc([N+](=O)[O-])c1[N+](=O)[O-]. The van der Waals surface area contributed by atoms with E-state index in [1.54, 1.807) is 0 Å². The third-order valence-corrected chi connectivity index (χ3v) is 1.36. The first kappa shape index (κ1) is 8.91. The van der Waals surface area contributed by atoms with Crippen molar-refractivity contribution in [2.45, 2.75) is 0 Å². The molecule has 0 fully saturated rings. The first-order valence-electron chi connectivity index (χ1n) is 3.13. The summed E-state index contributed by atoms with van der Waals surface area (Å²) in [4.78, 5) is 18.5. The highest BCUT2D eigenvalue weighted by atomic mass is 16.6. The molecule has 0 unspecified atom stereocenters. The highest BCUT2D eigenvalue weighted by molar-refractivity contribution is 5.60. The van der Waals surface area contributed by atoms with Crippen molar-refractivity contribution >= 4 is 11.4 Å². The lowest BCUT2D eigenvalue weighted by Crippen LogP contribution is -1.95. The summed E-state index contributed by atoms with van der Waals surface area (Å²) in [5.41, 5.74) is -1.77. The smallest absolute Gasteiger partial charge is 0.282 e. The average Bonchev–Trinajstić information content (AvgIpc) is 2.02. The predicted molar refractivity (Wildman–Crippen MR) is 39.9 cm³/mol. The van der Waals surface area contributed by atoms with Crippen molar-refractivity contribution in [2.24, 2.45) is 0 Å². The summed E-state index contributed by atoms with van der Waals surface area (Å²) in [6, 6.07) is 2.93. The van der Waals surface area contributed by atoms with E-state index in [0.717, 1.165) is 18.2 Å². The number of benzene rings is 1. The number of hydrogen-bond acceptors (Lipinski definition) is 4. The topological polar surface area (TPSA) is 106 Å². The minimum absolute atomic E-state index is 0.780. The van der Waals surface area contributed by atoms with Gasteiger partial charge < -0.3 is 0 Å². The predicted octanol–water partition coefficient (Wildman–Crippen LogP) is 1.65. The van der Waals surface area contributed by atoms with Crippen LogP contribution in [0.4, 0.5) is 11.4 Å². The first-order valence-corrected chi connectivity index (χ1v) is 3.13. The Morgan fingerprint density at radius 1 is 1.08 bits per heavy atom. The molecule has 1 aromatic rings. The van der Waals surface area contributed by atoms with Crippen LogP contribution in [-0.2, 0) is 5.11 Å². The van der Waals surface area contributed by atoms with Gasteiger partial charge in [-0.2, -0.15) is 0 Å². The Hall–Kier alpha value is -2.18. The average molecular weight is 183 g/mol. The molecule has 0 bridgehead atoms. The molecule has 0 N–H and O–H groups in total. The second-order valence-electron chi connectivity index (χ2n) is 2.14. The molecule has 7 nitrogen and oxygen atoms in total. The summed E-state index contributed by atoms with van der Waals surface area (Å²) in [5.74, 6) is -0.959. The molecule has 0 heterocycles. The van der Waals surface area contributed by atoms with Crippen LogP contribution in [-0.4, -0.2) is 9.85 Å². The lowest BCUT2D eigenvalue weighted by molar-refractivity contribution is -0.423. The number of nitro groups is 2. The number of nitro benzene ring substituents is 2. The van der Waals surface area contributed by atoms with Gasteiger partial charge in [0.15, 0.2) is 0 Å². The van der Waals surface area contributed by atoms with Crippen molar-refractivity contribution in [2.75, 3.05) is 0 Å². The number of para-hydroxylation sites is 1. The van der Waals surface area contributed by atoms with Crippen LogP contribution in [0.25, 0.3) is 0 Å². The van der Waals surface area contributed by atoms with Gasteiger partial charge in [-0.3, -0.25) is 25.3 Å². The minimum Gasteiger partial charge on any atom is -0.282 e. The van der Waals surface area contributed by atoms with Crippen molar-refractivity contribution in [3.8, 4) is 5.75 Å². The van der Waals surface area contributed by atoms with Crippen LogP contribution in [0.1, 0.15) is 0 Å². The van der Waals surface area contributed by atoms with Gasteiger partial charge in [-0.05, 0) is 6.07 Å². The summed E-state index contributed by atoms with van der Waals surface area (Å²) in [6.45, 7) is 0. The number of nitrogens with zero attached hydrogens (tertiary/aromatic N) is 2. The summed E-state index contributed by atoms with van der Waals surface area (Å²) in [7, 11) is 0. The molecule has 0 aliphatic heterocycles. The first-order chi connectivity index (χ1) is 6.04. The second-order valence-corrected chi connectivity index (χ2v) is 2.14. The molecular weight excluding hydrogens is 180 g/mol. The Bertz CT molecular complexity index is 375.